The van der Waals surface area contributed by atoms with Gasteiger partial charge in [-0.3, -0.25) is 0 Å². The number of aryl methyl sites for hydroxylation is 1. The van der Waals surface area contributed by atoms with Crippen LogP contribution in [0, 0.1) is 25.6 Å². The minimum atomic E-state index is -1.09. The number of hydrogen-bond donors (Lipinski definition) is 2. The summed E-state index contributed by atoms with van der Waals surface area (Å²) in [5, 5.41) is 13.1. The van der Waals surface area contributed by atoms with Gasteiger partial charge in [0.05, 0.1) is 13.7 Å². The average Bonchev–Trinajstić information content (AvgIpc) is 2.80. The molecule has 1 aliphatic heterocycles. The van der Waals surface area contributed by atoms with Gasteiger partial charge in [0, 0.05) is 43.9 Å². The fourth-order valence-electron chi connectivity index (χ4n) is 4.24. The first-order chi connectivity index (χ1) is 16.2. The van der Waals surface area contributed by atoms with Crippen LogP contribution in [0.2, 0.25) is 0 Å². The van der Waals surface area contributed by atoms with Crippen molar-refractivity contribution in [2.24, 2.45) is 5.92 Å². The molecule has 0 saturated carbocycles. The standard InChI is InChI=1S/C27H36FNO5/c1-17(2)8-11-34-16-20-15-21(29-27(26(30)31)9-12-33-13-10-27)6-7-22(20)23-14-18(3)19(4)25(32-5)24(23)28/h6-7,14-15,17,29H,8-13,16H2,1-5H3,(H,30,31). The Kier molecular flexibility index (Phi) is 8.55. The van der Waals surface area contributed by atoms with Gasteiger partial charge >= 0.3 is 5.97 Å². The molecule has 0 atom stereocenters. The van der Waals surface area contributed by atoms with Crippen molar-refractivity contribution in [1.82, 2.24) is 0 Å². The summed E-state index contributed by atoms with van der Waals surface area (Å²) in [4.78, 5) is 12.1. The van der Waals surface area contributed by atoms with Gasteiger partial charge in [0.15, 0.2) is 11.6 Å². The van der Waals surface area contributed by atoms with Crippen LogP contribution in [0.1, 0.15) is 49.8 Å². The largest absolute Gasteiger partial charge is 0.493 e. The number of benzene rings is 2. The molecule has 1 aliphatic rings. The molecule has 0 radical (unpaired) electrons. The molecular weight excluding hydrogens is 437 g/mol. The fraction of sp³-hybridized carbons (Fsp3) is 0.519. The van der Waals surface area contributed by atoms with Crippen molar-refractivity contribution in [3.8, 4) is 16.9 Å². The summed E-state index contributed by atoms with van der Waals surface area (Å²) in [5.41, 5.74) is 3.18. The molecule has 1 heterocycles. The quantitative estimate of drug-likeness (QED) is 0.430. The number of halogens is 1. The number of carboxylic acid groups (broad SMARTS) is 1. The molecule has 1 saturated heterocycles. The Morgan fingerprint density at radius 3 is 2.53 bits per heavy atom. The van der Waals surface area contributed by atoms with Gasteiger partial charge in [-0.05, 0) is 66.6 Å². The third-order valence-electron chi connectivity index (χ3n) is 6.56. The number of nitrogens with one attached hydrogen (secondary N) is 1. The maximum atomic E-state index is 15.4. The number of carboxylic acids is 1. The lowest BCUT2D eigenvalue weighted by atomic mass is 9.89. The molecule has 0 amide bonds. The van der Waals surface area contributed by atoms with Gasteiger partial charge in [0.1, 0.15) is 5.54 Å². The lowest BCUT2D eigenvalue weighted by molar-refractivity contribution is -0.145. The smallest absolute Gasteiger partial charge is 0.329 e. The van der Waals surface area contributed by atoms with Crippen molar-refractivity contribution in [2.75, 3.05) is 32.2 Å². The predicted molar refractivity (Wildman–Crippen MR) is 131 cm³/mol. The van der Waals surface area contributed by atoms with Crippen LogP contribution in [-0.4, -0.2) is 43.5 Å². The van der Waals surface area contributed by atoms with Gasteiger partial charge in [-0.25, -0.2) is 9.18 Å². The zero-order chi connectivity index (χ0) is 24.9. The van der Waals surface area contributed by atoms with Crippen LogP contribution >= 0.6 is 0 Å². The second-order valence-electron chi connectivity index (χ2n) is 9.44. The predicted octanol–water partition coefficient (Wildman–Crippen LogP) is 5.73. The number of rotatable bonds is 10. The maximum absolute atomic E-state index is 15.4. The molecule has 3 rings (SSSR count). The van der Waals surface area contributed by atoms with Crippen LogP contribution in [0.25, 0.3) is 11.1 Å². The van der Waals surface area contributed by atoms with Crippen LogP contribution in [-0.2, 0) is 20.9 Å². The number of anilines is 1. The maximum Gasteiger partial charge on any atom is 0.329 e. The third-order valence-corrected chi connectivity index (χ3v) is 6.56. The molecule has 0 unspecified atom stereocenters. The molecule has 0 aromatic heterocycles. The monoisotopic (exact) mass is 473 g/mol. The minimum absolute atomic E-state index is 0.232. The molecule has 6 nitrogen and oxygen atoms in total. The molecule has 0 aliphatic carbocycles. The van der Waals surface area contributed by atoms with Crippen LogP contribution in [0.4, 0.5) is 10.1 Å². The second kappa shape index (κ2) is 11.2. The van der Waals surface area contributed by atoms with Crippen LogP contribution in [0.15, 0.2) is 24.3 Å². The van der Waals surface area contributed by atoms with E-state index < -0.39 is 17.3 Å². The number of aliphatic carboxylic acids is 1. The molecule has 1 fully saturated rings. The van der Waals surface area contributed by atoms with E-state index in [4.69, 9.17) is 14.2 Å². The van der Waals surface area contributed by atoms with E-state index in [1.54, 1.807) is 6.07 Å². The first kappa shape index (κ1) is 26.0. The van der Waals surface area contributed by atoms with Crippen LogP contribution in [0.3, 0.4) is 0 Å². The van der Waals surface area contributed by atoms with E-state index in [-0.39, 0.29) is 12.4 Å². The van der Waals surface area contributed by atoms with E-state index >= 15 is 4.39 Å². The Morgan fingerprint density at radius 1 is 1.21 bits per heavy atom. The van der Waals surface area contributed by atoms with Crippen molar-refractivity contribution in [1.29, 1.82) is 0 Å². The van der Waals surface area contributed by atoms with E-state index in [1.165, 1.54) is 7.11 Å². The molecule has 186 valence electrons. The number of hydrogen-bond acceptors (Lipinski definition) is 5. The first-order valence-electron chi connectivity index (χ1n) is 11.8. The van der Waals surface area contributed by atoms with Gasteiger partial charge in [0.2, 0.25) is 0 Å². The summed E-state index contributed by atoms with van der Waals surface area (Å²) in [6, 6.07) is 7.32. The van der Waals surface area contributed by atoms with Crippen molar-refractivity contribution < 1.29 is 28.5 Å². The molecular formula is C27H36FNO5. The summed E-state index contributed by atoms with van der Waals surface area (Å²) in [6.07, 6.45) is 1.65. The Balaban J connectivity index is 2.01. The second-order valence-corrected chi connectivity index (χ2v) is 9.44. The lowest BCUT2D eigenvalue weighted by Gasteiger charge is -2.35. The number of methoxy groups -OCH3 is 1. The van der Waals surface area contributed by atoms with Gasteiger partial charge in [-0.2, -0.15) is 0 Å². The van der Waals surface area contributed by atoms with E-state index in [9.17, 15) is 9.90 Å². The van der Waals surface area contributed by atoms with Crippen molar-refractivity contribution in [3.63, 3.8) is 0 Å². The summed E-state index contributed by atoms with van der Waals surface area (Å²) in [7, 11) is 1.47. The summed E-state index contributed by atoms with van der Waals surface area (Å²) in [5.74, 6) is -0.575. The first-order valence-corrected chi connectivity index (χ1v) is 11.8. The topological polar surface area (TPSA) is 77.0 Å². The Hall–Kier alpha value is -2.64. The normalized spacial score (nSPS) is 15.4. The van der Waals surface area contributed by atoms with E-state index in [0.717, 1.165) is 23.1 Å². The third kappa shape index (κ3) is 5.70. The lowest BCUT2D eigenvalue weighted by Crippen LogP contribution is -2.50. The fourth-order valence-corrected chi connectivity index (χ4v) is 4.24. The van der Waals surface area contributed by atoms with Gasteiger partial charge < -0.3 is 24.6 Å². The van der Waals surface area contributed by atoms with E-state index in [1.807, 2.05) is 32.0 Å². The van der Waals surface area contributed by atoms with E-state index in [0.29, 0.717) is 55.4 Å². The number of carbonyl (C=O) groups is 1. The van der Waals surface area contributed by atoms with Gasteiger partial charge in [-0.15, -0.1) is 0 Å². The summed E-state index contributed by atoms with van der Waals surface area (Å²) < 4.78 is 32.1. The van der Waals surface area contributed by atoms with Crippen molar-refractivity contribution in [3.05, 3.63) is 46.8 Å². The summed E-state index contributed by atoms with van der Waals surface area (Å²) in [6.45, 7) is 9.68. The molecule has 0 spiro atoms. The van der Waals surface area contributed by atoms with Crippen molar-refractivity contribution >= 4 is 11.7 Å². The van der Waals surface area contributed by atoms with Crippen molar-refractivity contribution in [2.45, 2.75) is 59.1 Å². The highest BCUT2D eigenvalue weighted by Crippen LogP contribution is 2.37. The average molecular weight is 474 g/mol. The zero-order valence-electron chi connectivity index (χ0n) is 20.8. The molecule has 2 N–H and O–H groups in total. The Bertz CT molecular complexity index is 1010. The Labute approximate surface area is 201 Å². The SMILES string of the molecule is COc1c(C)c(C)cc(-c2ccc(NC3(C(=O)O)CCOCC3)cc2COCCC(C)C)c1F. The summed E-state index contributed by atoms with van der Waals surface area (Å²) >= 11 is 0. The van der Waals surface area contributed by atoms with Crippen LogP contribution < -0.4 is 10.1 Å². The van der Waals surface area contributed by atoms with Gasteiger partial charge in [-0.1, -0.05) is 19.9 Å². The molecule has 34 heavy (non-hydrogen) atoms. The van der Waals surface area contributed by atoms with E-state index in [2.05, 4.69) is 19.2 Å². The highest BCUT2D eigenvalue weighted by molar-refractivity contribution is 5.83. The zero-order valence-corrected chi connectivity index (χ0v) is 20.8. The molecule has 2 aromatic carbocycles. The Morgan fingerprint density at radius 2 is 1.91 bits per heavy atom. The number of ether oxygens (including phenoxy) is 3. The highest BCUT2D eigenvalue weighted by atomic mass is 19.1. The molecule has 0 bridgehead atoms. The highest BCUT2D eigenvalue weighted by Gasteiger charge is 2.40. The van der Waals surface area contributed by atoms with Crippen LogP contribution in [0.5, 0.6) is 5.75 Å². The van der Waals surface area contributed by atoms with Gasteiger partial charge in [0.25, 0.3) is 0 Å². The minimum Gasteiger partial charge on any atom is -0.493 e. The molecule has 7 heteroatoms. The molecule has 2 aromatic rings.